The molecule has 0 aliphatic rings. The highest BCUT2D eigenvalue weighted by molar-refractivity contribution is 5.51. The van der Waals surface area contributed by atoms with Crippen molar-refractivity contribution in [2.24, 2.45) is 0 Å². The third-order valence-corrected chi connectivity index (χ3v) is 1.70. The lowest BCUT2D eigenvalue weighted by Crippen LogP contribution is -1.97. The summed E-state index contributed by atoms with van der Waals surface area (Å²) in [6, 6.07) is 3.86. The summed E-state index contributed by atoms with van der Waals surface area (Å²) >= 11 is 0. The summed E-state index contributed by atoms with van der Waals surface area (Å²) in [5.74, 6) is 0. The van der Waals surface area contributed by atoms with E-state index < -0.39 is 0 Å². The van der Waals surface area contributed by atoms with Crippen molar-refractivity contribution in [3.05, 3.63) is 23.5 Å². The average molecular weight is 161 g/mol. The van der Waals surface area contributed by atoms with Gasteiger partial charge in [-0.2, -0.15) is 5.26 Å². The molecule has 1 aromatic rings. The summed E-state index contributed by atoms with van der Waals surface area (Å²) < 4.78 is 0. The molecule has 1 rings (SSSR count). The lowest BCUT2D eigenvalue weighted by molar-refractivity contribution is 1.03. The minimum absolute atomic E-state index is 0.594. The molecule has 1 N–H and O–H groups in total. The van der Waals surface area contributed by atoms with Gasteiger partial charge in [0.1, 0.15) is 6.07 Å². The third-order valence-electron chi connectivity index (χ3n) is 1.70. The fraction of sp³-hybridized carbons (Fsp3) is 0.333. The predicted octanol–water partition coefficient (Wildman–Crippen LogP) is 1.56. The highest BCUT2D eigenvalue weighted by Crippen LogP contribution is 2.13. The quantitative estimate of drug-likeness (QED) is 0.716. The number of rotatable bonds is 2. The van der Waals surface area contributed by atoms with Gasteiger partial charge < -0.3 is 5.32 Å². The number of pyridine rings is 1. The molecule has 0 unspecified atom stereocenters. The molecule has 0 spiro atoms. The summed E-state index contributed by atoms with van der Waals surface area (Å²) in [5, 5.41) is 11.6. The number of nitrogens with one attached hydrogen (secondary N) is 1. The van der Waals surface area contributed by atoms with Crippen LogP contribution in [0.1, 0.15) is 18.2 Å². The van der Waals surface area contributed by atoms with Crippen molar-refractivity contribution in [2.75, 3.05) is 12.4 Å². The van der Waals surface area contributed by atoms with E-state index in [1.165, 1.54) is 0 Å². The third kappa shape index (κ3) is 1.54. The van der Waals surface area contributed by atoms with Gasteiger partial charge in [-0.15, -0.1) is 0 Å². The van der Waals surface area contributed by atoms with Crippen molar-refractivity contribution in [1.29, 1.82) is 5.26 Å². The number of anilines is 1. The van der Waals surface area contributed by atoms with Gasteiger partial charge in [0.05, 0.1) is 16.9 Å². The molecule has 1 heterocycles. The molecule has 3 nitrogen and oxygen atoms in total. The maximum Gasteiger partial charge on any atom is 0.101 e. The molecule has 0 aliphatic carbocycles. The molecule has 0 saturated carbocycles. The first-order valence-electron chi connectivity index (χ1n) is 3.88. The molecule has 0 bridgehead atoms. The Morgan fingerprint density at radius 1 is 1.67 bits per heavy atom. The number of nitrogens with zero attached hydrogens (tertiary/aromatic N) is 2. The summed E-state index contributed by atoms with van der Waals surface area (Å²) in [6.45, 7) is 2.04. The van der Waals surface area contributed by atoms with Gasteiger partial charge in [0, 0.05) is 13.2 Å². The number of nitriles is 1. The van der Waals surface area contributed by atoms with Crippen LogP contribution in [0.15, 0.2) is 12.3 Å². The molecule has 0 fully saturated rings. The SMILES string of the molecule is CCc1ncc(C#N)cc1NC. The second-order valence-corrected chi connectivity index (χ2v) is 2.43. The number of aromatic nitrogens is 1. The Hall–Kier alpha value is -1.56. The van der Waals surface area contributed by atoms with E-state index in [0.29, 0.717) is 5.56 Å². The van der Waals surface area contributed by atoms with Crippen molar-refractivity contribution in [2.45, 2.75) is 13.3 Å². The zero-order valence-electron chi connectivity index (χ0n) is 7.26. The Kier molecular flexibility index (Phi) is 2.65. The van der Waals surface area contributed by atoms with Crippen LogP contribution in [-0.2, 0) is 6.42 Å². The number of hydrogen-bond donors (Lipinski definition) is 1. The highest BCUT2D eigenvalue weighted by atomic mass is 14.9. The summed E-state index contributed by atoms with van der Waals surface area (Å²) in [6.07, 6.45) is 2.47. The fourth-order valence-electron chi connectivity index (χ4n) is 1.05. The summed E-state index contributed by atoms with van der Waals surface area (Å²) in [4.78, 5) is 4.15. The molecule has 0 saturated heterocycles. The average Bonchev–Trinajstić information content (AvgIpc) is 2.16. The van der Waals surface area contributed by atoms with Crippen LogP contribution < -0.4 is 5.32 Å². The molecule has 0 amide bonds. The Morgan fingerprint density at radius 2 is 2.42 bits per heavy atom. The molecular formula is C9H11N3. The molecule has 62 valence electrons. The first-order valence-corrected chi connectivity index (χ1v) is 3.88. The Bertz CT molecular complexity index is 312. The molecule has 0 atom stereocenters. The van der Waals surface area contributed by atoms with Gasteiger partial charge in [-0.1, -0.05) is 6.92 Å². The van der Waals surface area contributed by atoms with Crippen LogP contribution in [0, 0.1) is 11.3 Å². The minimum atomic E-state index is 0.594. The van der Waals surface area contributed by atoms with Crippen LogP contribution in [0.4, 0.5) is 5.69 Å². The number of aryl methyl sites for hydroxylation is 1. The maximum absolute atomic E-state index is 8.60. The molecule has 0 aliphatic heterocycles. The molecule has 3 heteroatoms. The van der Waals surface area contributed by atoms with Gasteiger partial charge in [-0.05, 0) is 12.5 Å². The van der Waals surface area contributed by atoms with Crippen LogP contribution in [0.3, 0.4) is 0 Å². The predicted molar refractivity (Wildman–Crippen MR) is 47.9 cm³/mol. The zero-order valence-corrected chi connectivity index (χ0v) is 7.26. The smallest absolute Gasteiger partial charge is 0.101 e. The van der Waals surface area contributed by atoms with Crippen molar-refractivity contribution < 1.29 is 0 Å². The van der Waals surface area contributed by atoms with Crippen LogP contribution in [0.25, 0.3) is 0 Å². The van der Waals surface area contributed by atoms with Gasteiger partial charge in [0.15, 0.2) is 0 Å². The summed E-state index contributed by atoms with van der Waals surface area (Å²) in [7, 11) is 1.83. The molecule has 12 heavy (non-hydrogen) atoms. The van der Waals surface area contributed by atoms with E-state index in [1.54, 1.807) is 6.20 Å². The second kappa shape index (κ2) is 3.72. The zero-order chi connectivity index (χ0) is 8.97. The van der Waals surface area contributed by atoms with Gasteiger partial charge in [-0.25, -0.2) is 0 Å². The van der Waals surface area contributed by atoms with Crippen molar-refractivity contribution in [1.82, 2.24) is 4.98 Å². The molecule has 0 radical (unpaired) electrons. The van der Waals surface area contributed by atoms with Gasteiger partial charge in [0.25, 0.3) is 0 Å². The first kappa shape index (κ1) is 8.54. The van der Waals surface area contributed by atoms with Crippen LogP contribution in [0.5, 0.6) is 0 Å². The normalized spacial score (nSPS) is 9.08. The van der Waals surface area contributed by atoms with E-state index in [-0.39, 0.29) is 0 Å². The van der Waals surface area contributed by atoms with Crippen LogP contribution in [-0.4, -0.2) is 12.0 Å². The monoisotopic (exact) mass is 161 g/mol. The van der Waals surface area contributed by atoms with E-state index in [9.17, 15) is 0 Å². The summed E-state index contributed by atoms with van der Waals surface area (Å²) in [5.41, 5.74) is 2.53. The maximum atomic E-state index is 8.60. The Balaban J connectivity index is 3.13. The lowest BCUT2D eigenvalue weighted by atomic mass is 10.2. The van der Waals surface area contributed by atoms with Gasteiger partial charge in [-0.3, -0.25) is 4.98 Å². The molecule has 0 aromatic carbocycles. The highest BCUT2D eigenvalue weighted by Gasteiger charge is 2.00. The van der Waals surface area contributed by atoms with E-state index in [4.69, 9.17) is 5.26 Å². The molecular weight excluding hydrogens is 150 g/mol. The molecule has 1 aromatic heterocycles. The van der Waals surface area contributed by atoms with Crippen molar-refractivity contribution in [3.63, 3.8) is 0 Å². The first-order chi connectivity index (χ1) is 5.81. The van der Waals surface area contributed by atoms with Gasteiger partial charge in [0.2, 0.25) is 0 Å². The van der Waals surface area contributed by atoms with Crippen LogP contribution >= 0.6 is 0 Å². The fourth-order valence-corrected chi connectivity index (χ4v) is 1.05. The minimum Gasteiger partial charge on any atom is -0.387 e. The van der Waals surface area contributed by atoms with E-state index in [0.717, 1.165) is 17.8 Å². The van der Waals surface area contributed by atoms with Crippen molar-refractivity contribution in [3.8, 4) is 6.07 Å². The largest absolute Gasteiger partial charge is 0.387 e. The Labute approximate surface area is 72.1 Å². The second-order valence-electron chi connectivity index (χ2n) is 2.43. The van der Waals surface area contributed by atoms with E-state index in [1.807, 2.05) is 20.0 Å². The van der Waals surface area contributed by atoms with Gasteiger partial charge >= 0.3 is 0 Å². The van der Waals surface area contributed by atoms with E-state index >= 15 is 0 Å². The lowest BCUT2D eigenvalue weighted by Gasteiger charge is -2.05. The topological polar surface area (TPSA) is 48.7 Å². The standard InChI is InChI=1S/C9H11N3/c1-3-8-9(11-2)4-7(5-10)6-12-8/h4,6,11H,3H2,1-2H3. The van der Waals surface area contributed by atoms with E-state index in [2.05, 4.69) is 16.4 Å². The van der Waals surface area contributed by atoms with Crippen LogP contribution in [0.2, 0.25) is 0 Å². The number of hydrogen-bond acceptors (Lipinski definition) is 3. The Morgan fingerprint density at radius 3 is 2.92 bits per heavy atom. The van der Waals surface area contributed by atoms with Crippen molar-refractivity contribution >= 4 is 5.69 Å².